The van der Waals surface area contributed by atoms with Gasteiger partial charge < -0.3 is 4.90 Å². The molecule has 0 unspecified atom stereocenters. The van der Waals surface area contributed by atoms with Gasteiger partial charge in [0, 0.05) is 49.6 Å². The maximum atomic E-state index is 4.41. The van der Waals surface area contributed by atoms with Gasteiger partial charge in [0.25, 0.3) is 0 Å². The monoisotopic (exact) mass is 578 g/mol. The van der Waals surface area contributed by atoms with Crippen LogP contribution in [-0.2, 0) is 0 Å². The maximum Gasteiger partial charge on any atom is 0.0468 e. The lowest BCUT2D eigenvalue weighted by atomic mass is 9.94. The van der Waals surface area contributed by atoms with Crippen LogP contribution in [0.25, 0.3) is 63.6 Å². The summed E-state index contributed by atoms with van der Waals surface area (Å²) in [6.45, 7) is 0. The highest BCUT2D eigenvalue weighted by molar-refractivity contribution is 7.25. The molecule has 0 aliphatic heterocycles. The fourth-order valence-electron chi connectivity index (χ4n) is 6.58. The Bertz CT molecular complexity index is 2490. The van der Waals surface area contributed by atoms with Crippen molar-refractivity contribution in [2.75, 3.05) is 4.90 Å². The minimum Gasteiger partial charge on any atom is -0.310 e. The van der Waals surface area contributed by atoms with Crippen LogP contribution < -0.4 is 4.90 Å². The Morgan fingerprint density at radius 3 is 1.95 bits per heavy atom. The van der Waals surface area contributed by atoms with E-state index in [0.717, 1.165) is 17.1 Å². The molecule has 0 spiro atoms. The van der Waals surface area contributed by atoms with Gasteiger partial charge in [0.2, 0.25) is 0 Å². The van der Waals surface area contributed by atoms with Crippen molar-refractivity contribution < 1.29 is 0 Å². The summed E-state index contributed by atoms with van der Waals surface area (Å²) in [6, 6.07) is 52.9. The van der Waals surface area contributed by atoms with E-state index in [0.29, 0.717) is 0 Å². The average molecular weight is 579 g/mol. The molecule has 9 rings (SSSR count). The Morgan fingerprint density at radius 1 is 0.432 bits per heavy atom. The van der Waals surface area contributed by atoms with Gasteiger partial charge in [0.1, 0.15) is 0 Å². The summed E-state index contributed by atoms with van der Waals surface area (Å²) >= 11 is 1.82. The highest BCUT2D eigenvalue weighted by Gasteiger charge is 2.15. The van der Waals surface area contributed by atoms with Crippen molar-refractivity contribution in [3.05, 3.63) is 158 Å². The zero-order valence-corrected chi connectivity index (χ0v) is 24.6. The van der Waals surface area contributed by atoms with Crippen LogP contribution in [0.2, 0.25) is 0 Å². The van der Waals surface area contributed by atoms with Crippen LogP contribution in [0.3, 0.4) is 0 Å². The quantitative estimate of drug-likeness (QED) is 0.193. The van der Waals surface area contributed by atoms with Gasteiger partial charge in [-0.05, 0) is 98.0 Å². The summed E-state index contributed by atoms with van der Waals surface area (Å²) in [6.07, 6.45) is 3.85. The molecule has 2 aromatic heterocycles. The van der Waals surface area contributed by atoms with Crippen LogP contribution in [0.1, 0.15) is 0 Å². The number of thiophene rings is 1. The van der Waals surface area contributed by atoms with Crippen LogP contribution in [-0.4, -0.2) is 4.98 Å². The Labute approximate surface area is 259 Å². The van der Waals surface area contributed by atoms with E-state index >= 15 is 0 Å². The molecule has 7 aromatic carbocycles. The second-order valence-electron chi connectivity index (χ2n) is 11.3. The van der Waals surface area contributed by atoms with Gasteiger partial charge >= 0.3 is 0 Å². The van der Waals surface area contributed by atoms with Crippen LogP contribution >= 0.6 is 11.3 Å². The summed E-state index contributed by atoms with van der Waals surface area (Å²) in [7, 11) is 0. The minimum atomic E-state index is 1.12. The molecule has 0 bridgehead atoms. The number of hydrogen-bond donors (Lipinski definition) is 0. The number of anilines is 3. The summed E-state index contributed by atoms with van der Waals surface area (Å²) in [5.74, 6) is 0. The highest BCUT2D eigenvalue weighted by atomic mass is 32.1. The zero-order valence-electron chi connectivity index (χ0n) is 23.8. The Morgan fingerprint density at radius 2 is 1.09 bits per heavy atom. The van der Waals surface area contributed by atoms with Gasteiger partial charge in [-0.3, -0.25) is 4.98 Å². The fraction of sp³-hybridized carbons (Fsp3) is 0. The summed E-state index contributed by atoms with van der Waals surface area (Å²) in [4.78, 5) is 6.74. The molecule has 2 heterocycles. The third kappa shape index (κ3) is 4.05. The van der Waals surface area contributed by atoms with E-state index in [-0.39, 0.29) is 0 Å². The van der Waals surface area contributed by atoms with E-state index in [1.165, 1.54) is 63.6 Å². The minimum absolute atomic E-state index is 1.12. The topological polar surface area (TPSA) is 16.1 Å². The Kier molecular flexibility index (Phi) is 5.71. The molecule has 0 saturated heterocycles. The third-order valence-corrected chi connectivity index (χ3v) is 9.86. The van der Waals surface area contributed by atoms with Gasteiger partial charge in [-0.15, -0.1) is 11.3 Å². The number of benzene rings is 7. The number of para-hydroxylation sites is 1. The Hall–Kier alpha value is -5.51. The predicted octanol–water partition coefficient (Wildman–Crippen LogP) is 12.0. The number of pyridine rings is 1. The molecule has 44 heavy (non-hydrogen) atoms. The van der Waals surface area contributed by atoms with E-state index in [4.69, 9.17) is 0 Å². The van der Waals surface area contributed by atoms with Crippen molar-refractivity contribution >= 4 is 80.9 Å². The number of fused-ring (bicyclic) bond motifs is 8. The number of nitrogens with zero attached hydrogens (tertiary/aromatic N) is 2. The highest BCUT2D eigenvalue weighted by Crippen LogP contribution is 2.41. The van der Waals surface area contributed by atoms with Crippen LogP contribution in [0.5, 0.6) is 0 Å². The molecule has 2 nitrogen and oxygen atoms in total. The maximum absolute atomic E-state index is 4.41. The molecule has 206 valence electrons. The van der Waals surface area contributed by atoms with Crippen molar-refractivity contribution in [3.63, 3.8) is 0 Å². The van der Waals surface area contributed by atoms with Gasteiger partial charge in [-0.25, -0.2) is 0 Å². The normalized spacial score (nSPS) is 11.6. The first-order chi connectivity index (χ1) is 21.8. The van der Waals surface area contributed by atoms with Crippen LogP contribution in [0.4, 0.5) is 17.1 Å². The first kappa shape index (κ1) is 25.0. The standard InChI is InChI=1S/C41H26N2S/c1-2-7-32(8-3-1)43(34-20-21-39-37(25-34)38-26-42-23-22-40(38)44-39)33-18-16-27(17-19-33)31-15-12-29-11-14-30-13-10-28-6-4-5-9-35(28)41(30)36(29)24-31/h1-26H. The molecule has 0 aliphatic rings. The second kappa shape index (κ2) is 10.0. The molecule has 0 saturated carbocycles. The average Bonchev–Trinajstić information content (AvgIpc) is 3.47. The molecule has 0 aliphatic carbocycles. The zero-order chi connectivity index (χ0) is 29.0. The van der Waals surface area contributed by atoms with E-state index < -0.39 is 0 Å². The molecule has 0 atom stereocenters. The van der Waals surface area contributed by atoms with Crippen molar-refractivity contribution in [1.82, 2.24) is 4.98 Å². The van der Waals surface area contributed by atoms with Gasteiger partial charge in [0.15, 0.2) is 0 Å². The van der Waals surface area contributed by atoms with Crippen molar-refractivity contribution in [2.45, 2.75) is 0 Å². The van der Waals surface area contributed by atoms with E-state index in [2.05, 4.69) is 155 Å². The Balaban J connectivity index is 1.17. The van der Waals surface area contributed by atoms with Crippen molar-refractivity contribution in [1.29, 1.82) is 0 Å². The first-order valence-electron chi connectivity index (χ1n) is 14.9. The SMILES string of the molecule is c1ccc(N(c2ccc(-c3ccc4ccc5ccc6ccccc6c5c4c3)cc2)c2ccc3sc4ccncc4c3c2)cc1. The molecule has 0 amide bonds. The van der Waals surface area contributed by atoms with Crippen molar-refractivity contribution in [3.8, 4) is 11.1 Å². The number of rotatable bonds is 4. The molecular weight excluding hydrogens is 553 g/mol. The third-order valence-electron chi connectivity index (χ3n) is 8.71. The van der Waals surface area contributed by atoms with E-state index in [9.17, 15) is 0 Å². The lowest BCUT2D eigenvalue weighted by Gasteiger charge is -2.26. The first-order valence-corrected chi connectivity index (χ1v) is 15.7. The molecular formula is C41H26N2S. The smallest absolute Gasteiger partial charge is 0.0468 e. The molecule has 0 N–H and O–H groups in total. The predicted molar refractivity (Wildman–Crippen MR) is 190 cm³/mol. The second-order valence-corrected chi connectivity index (χ2v) is 12.3. The van der Waals surface area contributed by atoms with Crippen LogP contribution in [0.15, 0.2) is 158 Å². The lowest BCUT2D eigenvalue weighted by molar-refractivity contribution is 1.29. The fourth-order valence-corrected chi connectivity index (χ4v) is 7.63. The van der Waals surface area contributed by atoms with E-state index in [1.807, 2.05) is 23.7 Å². The van der Waals surface area contributed by atoms with Crippen LogP contribution in [0, 0.1) is 0 Å². The molecule has 9 aromatic rings. The van der Waals surface area contributed by atoms with Crippen molar-refractivity contribution in [2.24, 2.45) is 0 Å². The molecule has 0 radical (unpaired) electrons. The summed E-state index contributed by atoms with van der Waals surface area (Å²) in [5, 5.41) is 10.2. The summed E-state index contributed by atoms with van der Waals surface area (Å²) in [5.41, 5.74) is 5.79. The van der Waals surface area contributed by atoms with Gasteiger partial charge in [-0.2, -0.15) is 0 Å². The lowest BCUT2D eigenvalue weighted by Crippen LogP contribution is -2.09. The van der Waals surface area contributed by atoms with Gasteiger partial charge in [0.05, 0.1) is 0 Å². The summed E-state index contributed by atoms with van der Waals surface area (Å²) < 4.78 is 2.54. The molecule has 0 fully saturated rings. The molecule has 3 heteroatoms. The largest absolute Gasteiger partial charge is 0.310 e. The number of hydrogen-bond acceptors (Lipinski definition) is 3. The van der Waals surface area contributed by atoms with Gasteiger partial charge in [-0.1, -0.05) is 91.0 Å². The van der Waals surface area contributed by atoms with E-state index in [1.54, 1.807) is 0 Å². The number of aromatic nitrogens is 1.